The third kappa shape index (κ3) is 2.89. The number of aromatic nitrogens is 1. The number of H-pyrrole nitrogens is 1. The Morgan fingerprint density at radius 1 is 1.61 bits per heavy atom. The van der Waals surface area contributed by atoms with Gasteiger partial charge in [-0.25, -0.2) is 4.79 Å². The van der Waals surface area contributed by atoms with Crippen LogP contribution in [0.2, 0.25) is 0 Å². The van der Waals surface area contributed by atoms with Crippen LogP contribution in [-0.4, -0.2) is 34.7 Å². The van der Waals surface area contributed by atoms with Crippen molar-refractivity contribution in [2.45, 2.75) is 32.3 Å². The van der Waals surface area contributed by atoms with Gasteiger partial charge in [0.05, 0.1) is 18.2 Å². The molecule has 1 atom stereocenters. The van der Waals surface area contributed by atoms with E-state index in [2.05, 4.69) is 10.3 Å². The summed E-state index contributed by atoms with van der Waals surface area (Å²) in [7, 11) is 0. The van der Waals surface area contributed by atoms with Gasteiger partial charge in [-0.05, 0) is 25.8 Å². The Labute approximate surface area is 104 Å². The fourth-order valence-electron chi connectivity index (χ4n) is 2.07. The summed E-state index contributed by atoms with van der Waals surface area (Å²) in [5, 5.41) is 11.6. The molecule has 2 heterocycles. The fraction of sp³-hybridized carbons (Fsp3) is 0.500. The topological polar surface area (TPSA) is 91.4 Å². The number of aromatic amines is 1. The number of carbonyl (C=O) groups excluding carboxylic acids is 1. The molecule has 6 nitrogen and oxygen atoms in total. The number of nitrogens with one attached hydrogen (secondary N) is 2. The predicted molar refractivity (Wildman–Crippen MR) is 64.7 cm³/mol. The summed E-state index contributed by atoms with van der Waals surface area (Å²) < 4.78 is 5.36. The van der Waals surface area contributed by atoms with Crippen molar-refractivity contribution in [1.82, 2.24) is 4.98 Å². The van der Waals surface area contributed by atoms with Gasteiger partial charge in [0, 0.05) is 12.3 Å². The summed E-state index contributed by atoms with van der Waals surface area (Å²) in [4.78, 5) is 25.4. The zero-order chi connectivity index (χ0) is 13.1. The average molecular weight is 252 g/mol. The van der Waals surface area contributed by atoms with Crippen LogP contribution < -0.4 is 5.32 Å². The Bertz CT molecular complexity index is 461. The van der Waals surface area contributed by atoms with Crippen molar-refractivity contribution in [3.63, 3.8) is 0 Å². The molecule has 0 saturated carbocycles. The molecule has 0 bridgehead atoms. The summed E-state index contributed by atoms with van der Waals surface area (Å²) >= 11 is 0. The molecule has 1 aliphatic rings. The highest BCUT2D eigenvalue weighted by Gasteiger charge is 2.21. The van der Waals surface area contributed by atoms with Crippen LogP contribution in [0.15, 0.2) is 6.07 Å². The number of aromatic carboxylic acids is 1. The van der Waals surface area contributed by atoms with Crippen molar-refractivity contribution in [2.24, 2.45) is 0 Å². The van der Waals surface area contributed by atoms with Crippen LogP contribution in [0.5, 0.6) is 0 Å². The van der Waals surface area contributed by atoms with Crippen molar-refractivity contribution in [1.29, 1.82) is 0 Å². The molecule has 0 aliphatic carbocycles. The smallest absolute Gasteiger partial charge is 0.354 e. The van der Waals surface area contributed by atoms with Crippen molar-refractivity contribution in [3.05, 3.63) is 17.5 Å². The molecule has 18 heavy (non-hydrogen) atoms. The van der Waals surface area contributed by atoms with Gasteiger partial charge >= 0.3 is 5.97 Å². The van der Waals surface area contributed by atoms with Gasteiger partial charge in [-0.2, -0.15) is 0 Å². The van der Waals surface area contributed by atoms with E-state index >= 15 is 0 Å². The first-order chi connectivity index (χ1) is 8.56. The number of carboxylic acids is 1. The van der Waals surface area contributed by atoms with Crippen LogP contribution in [0, 0.1) is 6.92 Å². The summed E-state index contributed by atoms with van der Waals surface area (Å²) in [5.74, 6) is -1.31. The number of carboxylic acid groups (broad SMARTS) is 1. The average Bonchev–Trinajstić information content (AvgIpc) is 2.88. The quantitative estimate of drug-likeness (QED) is 0.757. The Balaban J connectivity index is 1.99. The van der Waals surface area contributed by atoms with Crippen molar-refractivity contribution >= 4 is 17.6 Å². The lowest BCUT2D eigenvalue weighted by molar-refractivity contribution is -0.118. The van der Waals surface area contributed by atoms with Gasteiger partial charge in [0.2, 0.25) is 5.91 Å². The van der Waals surface area contributed by atoms with E-state index in [1.165, 1.54) is 0 Å². The summed E-state index contributed by atoms with van der Waals surface area (Å²) in [6.07, 6.45) is 2.08. The summed E-state index contributed by atoms with van der Waals surface area (Å²) in [5.41, 5.74) is 1.01. The minimum absolute atomic E-state index is 0.00758. The molecule has 3 N–H and O–H groups in total. The van der Waals surface area contributed by atoms with E-state index < -0.39 is 5.97 Å². The SMILES string of the molecule is Cc1cc(NC(=O)CC2CCCO2)c(C(=O)O)[nH]1. The molecule has 1 aromatic rings. The van der Waals surface area contributed by atoms with Gasteiger partial charge in [0.25, 0.3) is 0 Å². The predicted octanol–water partition coefficient (Wildman–Crippen LogP) is 1.53. The van der Waals surface area contributed by atoms with E-state index in [-0.39, 0.29) is 24.1 Å². The van der Waals surface area contributed by atoms with Gasteiger partial charge in [-0.15, -0.1) is 0 Å². The number of hydrogen-bond acceptors (Lipinski definition) is 3. The lowest BCUT2D eigenvalue weighted by atomic mass is 10.2. The van der Waals surface area contributed by atoms with E-state index in [0.717, 1.165) is 12.8 Å². The van der Waals surface area contributed by atoms with Crippen LogP contribution in [0.3, 0.4) is 0 Å². The zero-order valence-electron chi connectivity index (χ0n) is 10.2. The summed E-state index contributed by atoms with van der Waals surface area (Å²) in [6, 6.07) is 1.61. The Morgan fingerprint density at radius 2 is 2.39 bits per heavy atom. The lowest BCUT2D eigenvalue weighted by Crippen LogP contribution is -2.20. The molecule has 0 spiro atoms. The normalized spacial score (nSPS) is 18.8. The molecule has 2 rings (SSSR count). The van der Waals surface area contributed by atoms with Crippen LogP contribution in [0.25, 0.3) is 0 Å². The van der Waals surface area contributed by atoms with Crippen LogP contribution in [0.1, 0.15) is 35.4 Å². The first-order valence-corrected chi connectivity index (χ1v) is 5.90. The number of carbonyl (C=O) groups is 2. The monoisotopic (exact) mass is 252 g/mol. The molecule has 6 heteroatoms. The highest BCUT2D eigenvalue weighted by Crippen LogP contribution is 2.19. The number of aryl methyl sites for hydroxylation is 1. The number of anilines is 1. The molecular weight excluding hydrogens is 236 g/mol. The van der Waals surface area contributed by atoms with Gasteiger partial charge in [0.15, 0.2) is 0 Å². The number of ether oxygens (including phenoxy) is 1. The maximum Gasteiger partial charge on any atom is 0.354 e. The Kier molecular flexibility index (Phi) is 3.66. The molecule has 0 aromatic carbocycles. The molecule has 1 fully saturated rings. The second-order valence-electron chi connectivity index (χ2n) is 4.43. The van der Waals surface area contributed by atoms with E-state index in [1.54, 1.807) is 13.0 Å². The number of amides is 1. The van der Waals surface area contributed by atoms with Crippen molar-refractivity contribution in [3.8, 4) is 0 Å². The highest BCUT2D eigenvalue weighted by atomic mass is 16.5. The fourth-order valence-corrected chi connectivity index (χ4v) is 2.07. The number of hydrogen-bond donors (Lipinski definition) is 3. The van der Waals surface area contributed by atoms with E-state index in [9.17, 15) is 9.59 Å². The minimum atomic E-state index is -1.09. The molecule has 1 aromatic heterocycles. The van der Waals surface area contributed by atoms with E-state index in [0.29, 0.717) is 18.0 Å². The maximum absolute atomic E-state index is 11.8. The molecular formula is C12H16N2O4. The molecule has 0 radical (unpaired) electrons. The minimum Gasteiger partial charge on any atom is -0.477 e. The molecule has 1 aliphatic heterocycles. The lowest BCUT2D eigenvalue weighted by Gasteiger charge is -2.09. The van der Waals surface area contributed by atoms with E-state index in [4.69, 9.17) is 9.84 Å². The Morgan fingerprint density at radius 3 is 3.00 bits per heavy atom. The third-order valence-corrected chi connectivity index (χ3v) is 2.88. The second kappa shape index (κ2) is 5.22. The first kappa shape index (κ1) is 12.6. The van der Waals surface area contributed by atoms with Crippen LogP contribution in [0.4, 0.5) is 5.69 Å². The Hall–Kier alpha value is -1.82. The second-order valence-corrected chi connectivity index (χ2v) is 4.43. The van der Waals surface area contributed by atoms with Crippen LogP contribution >= 0.6 is 0 Å². The molecule has 1 amide bonds. The highest BCUT2D eigenvalue weighted by molar-refractivity contribution is 5.99. The summed E-state index contributed by atoms with van der Waals surface area (Å²) in [6.45, 7) is 2.43. The molecule has 1 saturated heterocycles. The maximum atomic E-state index is 11.8. The van der Waals surface area contributed by atoms with Gasteiger partial charge in [-0.3, -0.25) is 4.79 Å². The first-order valence-electron chi connectivity index (χ1n) is 5.90. The zero-order valence-corrected chi connectivity index (χ0v) is 10.2. The van der Waals surface area contributed by atoms with E-state index in [1.807, 2.05) is 0 Å². The van der Waals surface area contributed by atoms with Crippen LogP contribution in [-0.2, 0) is 9.53 Å². The molecule has 98 valence electrons. The van der Waals surface area contributed by atoms with Crippen molar-refractivity contribution in [2.75, 3.05) is 11.9 Å². The van der Waals surface area contributed by atoms with Gasteiger partial charge in [-0.1, -0.05) is 0 Å². The van der Waals surface area contributed by atoms with Crippen molar-refractivity contribution < 1.29 is 19.4 Å². The third-order valence-electron chi connectivity index (χ3n) is 2.88. The van der Waals surface area contributed by atoms with Gasteiger partial charge in [0.1, 0.15) is 5.69 Å². The standard InChI is InChI=1S/C12H16N2O4/c1-7-5-9(11(13-7)12(16)17)14-10(15)6-8-3-2-4-18-8/h5,8,13H,2-4,6H2,1H3,(H,14,15)(H,16,17). The van der Waals surface area contributed by atoms with Gasteiger partial charge < -0.3 is 20.1 Å². The largest absolute Gasteiger partial charge is 0.477 e. The number of rotatable bonds is 4. The molecule has 1 unspecified atom stereocenters.